The van der Waals surface area contributed by atoms with Crippen molar-refractivity contribution in [2.24, 2.45) is 0 Å². The summed E-state index contributed by atoms with van der Waals surface area (Å²) < 4.78 is 6.46. The monoisotopic (exact) mass is 719 g/mol. The number of benzene rings is 9. The zero-order chi connectivity index (χ0) is 36.6. The number of nitrogens with zero attached hydrogens (tertiary/aromatic N) is 1. The van der Waals surface area contributed by atoms with Gasteiger partial charge in [0.25, 0.3) is 0 Å². The SMILES string of the molecule is c1ccc(-c2ccc3oc4ccc(N(c5cccc([Si](c6ccccc6)(c6ccccc6)c6ccccc6)c5)c5cccc6ccccc56)cc4c3c2)cc1. The molecule has 0 atom stereocenters. The van der Waals surface area contributed by atoms with E-state index in [0.29, 0.717) is 0 Å². The summed E-state index contributed by atoms with van der Waals surface area (Å²) in [7, 11) is -2.78. The van der Waals surface area contributed by atoms with Crippen LogP contribution in [0.2, 0.25) is 0 Å². The van der Waals surface area contributed by atoms with Crippen molar-refractivity contribution in [3.8, 4) is 11.1 Å². The van der Waals surface area contributed by atoms with Crippen molar-refractivity contribution < 1.29 is 4.42 Å². The fourth-order valence-corrected chi connectivity index (χ4v) is 13.3. The van der Waals surface area contributed by atoms with Crippen LogP contribution in [0, 0.1) is 0 Å². The van der Waals surface area contributed by atoms with E-state index in [-0.39, 0.29) is 0 Å². The molecule has 1 aromatic heterocycles. The first-order valence-electron chi connectivity index (χ1n) is 18.8. The van der Waals surface area contributed by atoms with Crippen molar-refractivity contribution >= 4 is 78.6 Å². The Balaban J connectivity index is 1.23. The van der Waals surface area contributed by atoms with Crippen LogP contribution < -0.4 is 25.6 Å². The Morgan fingerprint density at radius 2 is 0.836 bits per heavy atom. The van der Waals surface area contributed by atoms with Crippen LogP contribution in [-0.2, 0) is 0 Å². The summed E-state index contributed by atoms with van der Waals surface area (Å²) in [5.41, 5.74) is 7.41. The van der Waals surface area contributed by atoms with E-state index >= 15 is 0 Å². The van der Waals surface area contributed by atoms with Crippen molar-refractivity contribution in [3.05, 3.63) is 224 Å². The van der Waals surface area contributed by atoms with Gasteiger partial charge in [0.1, 0.15) is 11.2 Å². The van der Waals surface area contributed by atoms with Crippen LogP contribution in [0.3, 0.4) is 0 Å². The van der Waals surface area contributed by atoms with Crippen LogP contribution in [-0.4, -0.2) is 8.07 Å². The van der Waals surface area contributed by atoms with Gasteiger partial charge in [-0.05, 0) is 85.8 Å². The first kappa shape index (κ1) is 32.7. The lowest BCUT2D eigenvalue weighted by Crippen LogP contribution is -2.74. The highest BCUT2D eigenvalue weighted by atomic mass is 28.3. The summed E-state index contributed by atoms with van der Waals surface area (Å²) in [6, 6.07) is 81.7. The molecule has 0 fully saturated rings. The van der Waals surface area contributed by atoms with E-state index in [2.05, 4.69) is 229 Å². The van der Waals surface area contributed by atoms with E-state index in [9.17, 15) is 0 Å². The first-order valence-corrected chi connectivity index (χ1v) is 20.8. The average Bonchev–Trinajstić information content (AvgIpc) is 3.63. The van der Waals surface area contributed by atoms with E-state index in [1.165, 1.54) is 42.6 Å². The van der Waals surface area contributed by atoms with Crippen molar-refractivity contribution in [3.63, 3.8) is 0 Å². The van der Waals surface area contributed by atoms with Gasteiger partial charge in [0.2, 0.25) is 0 Å². The molecule has 0 radical (unpaired) electrons. The summed E-state index contributed by atoms with van der Waals surface area (Å²) >= 11 is 0. The van der Waals surface area contributed by atoms with Gasteiger partial charge in [0.05, 0.1) is 5.69 Å². The van der Waals surface area contributed by atoms with Gasteiger partial charge in [-0.3, -0.25) is 0 Å². The maximum atomic E-state index is 6.46. The van der Waals surface area contributed by atoms with Gasteiger partial charge in [-0.2, -0.15) is 0 Å². The predicted molar refractivity (Wildman–Crippen MR) is 235 cm³/mol. The van der Waals surface area contributed by atoms with Gasteiger partial charge < -0.3 is 9.32 Å². The summed E-state index contributed by atoms with van der Waals surface area (Å²) in [6.07, 6.45) is 0. The Hall–Kier alpha value is -6.94. The second kappa shape index (κ2) is 13.8. The van der Waals surface area contributed by atoms with Gasteiger partial charge in [0, 0.05) is 27.5 Å². The van der Waals surface area contributed by atoms with E-state index in [4.69, 9.17) is 4.42 Å². The van der Waals surface area contributed by atoms with Crippen LogP contribution in [0.5, 0.6) is 0 Å². The predicted octanol–water partition coefficient (Wildman–Crippen LogP) is 11.3. The number of hydrogen-bond acceptors (Lipinski definition) is 2. The van der Waals surface area contributed by atoms with Gasteiger partial charge in [-0.25, -0.2) is 0 Å². The molecule has 0 spiro atoms. The Labute approximate surface area is 322 Å². The minimum atomic E-state index is -2.78. The molecule has 0 saturated carbocycles. The molecular weight excluding hydrogens is 683 g/mol. The van der Waals surface area contributed by atoms with E-state index in [1.54, 1.807) is 0 Å². The van der Waals surface area contributed by atoms with Gasteiger partial charge >= 0.3 is 0 Å². The Morgan fingerprint density at radius 1 is 0.327 bits per heavy atom. The quantitative estimate of drug-likeness (QED) is 0.115. The lowest BCUT2D eigenvalue weighted by Gasteiger charge is -2.35. The maximum Gasteiger partial charge on any atom is 0.179 e. The molecular formula is C52H37NOSi. The highest BCUT2D eigenvalue weighted by Crippen LogP contribution is 2.42. The number of hydrogen-bond donors (Lipinski definition) is 0. The highest BCUT2D eigenvalue weighted by molar-refractivity contribution is 7.19. The molecule has 0 aliphatic carbocycles. The third-order valence-electron chi connectivity index (χ3n) is 11.0. The molecule has 0 amide bonds. The normalized spacial score (nSPS) is 11.6. The first-order chi connectivity index (χ1) is 27.3. The summed E-state index contributed by atoms with van der Waals surface area (Å²) in [5.74, 6) is 0. The van der Waals surface area contributed by atoms with Crippen molar-refractivity contribution in [2.75, 3.05) is 4.90 Å². The van der Waals surface area contributed by atoms with Crippen molar-refractivity contribution in [1.82, 2.24) is 0 Å². The Morgan fingerprint density at radius 3 is 1.51 bits per heavy atom. The molecule has 2 nitrogen and oxygen atoms in total. The molecule has 55 heavy (non-hydrogen) atoms. The zero-order valence-corrected chi connectivity index (χ0v) is 31.2. The largest absolute Gasteiger partial charge is 0.456 e. The van der Waals surface area contributed by atoms with E-state index in [0.717, 1.165) is 39.0 Å². The molecule has 0 aliphatic rings. The van der Waals surface area contributed by atoms with Crippen LogP contribution in [0.15, 0.2) is 229 Å². The summed E-state index contributed by atoms with van der Waals surface area (Å²) in [4.78, 5) is 2.44. The summed E-state index contributed by atoms with van der Waals surface area (Å²) in [5, 5.41) is 9.95. The number of anilines is 3. The Bertz CT molecular complexity index is 2820. The van der Waals surface area contributed by atoms with Crippen LogP contribution in [0.25, 0.3) is 43.8 Å². The fraction of sp³-hybridized carbons (Fsp3) is 0. The minimum absolute atomic E-state index is 0.874. The molecule has 10 rings (SSSR count). The average molecular weight is 720 g/mol. The van der Waals surface area contributed by atoms with Crippen molar-refractivity contribution in [2.45, 2.75) is 0 Å². The standard InChI is InChI=1S/C52H37NOSi/c1-5-17-38(18-6-1)40-31-33-51-48(35-40)49-37-42(32-34-52(49)54-51)53(50-30-15-20-39-19-13-14-29-47(39)50)41-21-16-28-46(36-41)55(43-22-7-2-8-23-43,44-24-9-3-10-25-44)45-26-11-4-12-27-45/h1-37H. The second-order valence-electron chi connectivity index (χ2n) is 14.1. The van der Waals surface area contributed by atoms with E-state index < -0.39 is 8.07 Å². The van der Waals surface area contributed by atoms with E-state index in [1.807, 2.05) is 0 Å². The second-order valence-corrected chi connectivity index (χ2v) is 17.9. The molecule has 0 unspecified atom stereocenters. The molecule has 1 heterocycles. The Kier molecular flexibility index (Phi) is 8.20. The highest BCUT2D eigenvalue weighted by Gasteiger charge is 2.41. The third kappa shape index (κ3) is 5.65. The van der Waals surface area contributed by atoms with Gasteiger partial charge in [-0.1, -0.05) is 176 Å². The van der Waals surface area contributed by atoms with Crippen molar-refractivity contribution in [1.29, 1.82) is 0 Å². The number of rotatable bonds is 8. The third-order valence-corrected chi connectivity index (χ3v) is 15.8. The lowest BCUT2D eigenvalue weighted by atomic mass is 10.0. The topological polar surface area (TPSA) is 16.4 Å². The minimum Gasteiger partial charge on any atom is -0.456 e. The fourth-order valence-electron chi connectivity index (χ4n) is 8.49. The molecule has 260 valence electrons. The number of fused-ring (bicyclic) bond motifs is 4. The number of furan rings is 1. The van der Waals surface area contributed by atoms with Crippen LogP contribution in [0.1, 0.15) is 0 Å². The molecule has 9 aromatic carbocycles. The summed E-state index contributed by atoms with van der Waals surface area (Å²) in [6.45, 7) is 0. The zero-order valence-electron chi connectivity index (χ0n) is 30.2. The molecule has 0 saturated heterocycles. The molecule has 0 bridgehead atoms. The van der Waals surface area contributed by atoms with Crippen LogP contribution in [0.4, 0.5) is 17.1 Å². The molecule has 0 aliphatic heterocycles. The smallest absolute Gasteiger partial charge is 0.179 e. The lowest BCUT2D eigenvalue weighted by molar-refractivity contribution is 0.669. The van der Waals surface area contributed by atoms with Crippen LogP contribution >= 0.6 is 0 Å². The molecule has 10 aromatic rings. The maximum absolute atomic E-state index is 6.46. The van der Waals surface area contributed by atoms with Gasteiger partial charge in [-0.15, -0.1) is 0 Å². The molecule has 0 N–H and O–H groups in total. The molecule has 3 heteroatoms. The van der Waals surface area contributed by atoms with Gasteiger partial charge in [0.15, 0.2) is 8.07 Å².